The predicted octanol–water partition coefficient (Wildman–Crippen LogP) is 4.75. The van der Waals surface area contributed by atoms with E-state index in [1.54, 1.807) is 7.11 Å². The highest BCUT2D eigenvalue weighted by molar-refractivity contribution is 6.32. The summed E-state index contributed by atoms with van der Waals surface area (Å²) in [5, 5.41) is 14.0. The molecular weight excluding hydrogens is 374 g/mol. The van der Waals surface area contributed by atoms with Gasteiger partial charge >= 0.3 is 0 Å². The summed E-state index contributed by atoms with van der Waals surface area (Å²) >= 11 is 6.43. The Hall–Kier alpha value is -2.53. The lowest BCUT2D eigenvalue weighted by atomic mass is 10.1. The molecule has 5 heteroatoms. The van der Waals surface area contributed by atoms with Gasteiger partial charge in [-0.2, -0.15) is 0 Å². The molecule has 146 valence electrons. The van der Waals surface area contributed by atoms with Crippen molar-refractivity contribution in [2.24, 2.45) is 0 Å². The van der Waals surface area contributed by atoms with Crippen LogP contribution in [0.5, 0.6) is 11.5 Å². The zero-order valence-electron chi connectivity index (χ0n) is 15.8. The number of halogens is 1. The minimum atomic E-state index is -0.563. The van der Waals surface area contributed by atoms with Gasteiger partial charge in [-0.3, -0.25) is 0 Å². The number of aliphatic hydroxyl groups is 1. The Morgan fingerprint density at radius 3 is 2.32 bits per heavy atom. The van der Waals surface area contributed by atoms with Crippen LogP contribution in [0.25, 0.3) is 0 Å². The van der Waals surface area contributed by atoms with E-state index < -0.39 is 6.10 Å². The number of hydrogen-bond donors (Lipinski definition) is 2. The van der Waals surface area contributed by atoms with Crippen LogP contribution in [0, 0.1) is 0 Å². The summed E-state index contributed by atoms with van der Waals surface area (Å²) in [6, 6.07) is 23.2. The minimum Gasteiger partial charge on any atom is -0.493 e. The number of nitrogens with one attached hydrogen (secondary N) is 1. The smallest absolute Gasteiger partial charge is 0.180 e. The van der Waals surface area contributed by atoms with Gasteiger partial charge in [0, 0.05) is 13.1 Å². The van der Waals surface area contributed by atoms with Crippen molar-refractivity contribution < 1.29 is 14.6 Å². The van der Waals surface area contributed by atoms with Crippen LogP contribution in [0.15, 0.2) is 72.8 Å². The fourth-order valence-electron chi connectivity index (χ4n) is 2.89. The normalized spacial score (nSPS) is 11.8. The lowest BCUT2D eigenvalue weighted by Crippen LogP contribution is -2.21. The Labute approximate surface area is 170 Å². The van der Waals surface area contributed by atoms with Crippen molar-refractivity contribution in [1.29, 1.82) is 0 Å². The first-order valence-electron chi connectivity index (χ1n) is 9.14. The minimum absolute atomic E-state index is 0.414. The molecule has 0 amide bonds. The van der Waals surface area contributed by atoms with Crippen LogP contribution in [-0.4, -0.2) is 18.8 Å². The summed E-state index contributed by atoms with van der Waals surface area (Å²) in [6.07, 6.45) is -0.563. The van der Waals surface area contributed by atoms with Gasteiger partial charge in [0.25, 0.3) is 0 Å². The second kappa shape index (κ2) is 10.1. The molecule has 0 saturated heterocycles. The van der Waals surface area contributed by atoms with E-state index in [0.29, 0.717) is 36.2 Å². The standard InChI is InChI=1S/C23H24ClNO3/c1-27-22-13-18(14-25-15-21(26)19-10-6-3-7-11-19)12-20(24)23(22)28-16-17-8-4-2-5-9-17/h2-13,21,25-26H,14-16H2,1H3/t21-/m0/s1. The Balaban J connectivity index is 1.60. The average Bonchev–Trinajstić information content (AvgIpc) is 2.74. The fourth-order valence-corrected chi connectivity index (χ4v) is 3.18. The molecule has 3 rings (SSSR count). The van der Waals surface area contributed by atoms with E-state index in [2.05, 4.69) is 5.32 Å². The molecule has 3 aromatic carbocycles. The van der Waals surface area contributed by atoms with Crippen molar-refractivity contribution in [3.05, 3.63) is 94.5 Å². The molecule has 0 aromatic heterocycles. The molecule has 0 heterocycles. The van der Waals surface area contributed by atoms with Gasteiger partial charge in [0.1, 0.15) is 6.61 Å². The largest absolute Gasteiger partial charge is 0.493 e. The van der Waals surface area contributed by atoms with Crippen molar-refractivity contribution in [2.45, 2.75) is 19.3 Å². The third-order valence-electron chi connectivity index (χ3n) is 4.37. The van der Waals surface area contributed by atoms with Gasteiger partial charge in [0.2, 0.25) is 0 Å². The first kappa shape index (κ1) is 20.2. The van der Waals surface area contributed by atoms with Gasteiger partial charge in [-0.25, -0.2) is 0 Å². The molecule has 0 bridgehead atoms. The van der Waals surface area contributed by atoms with E-state index in [9.17, 15) is 5.11 Å². The Morgan fingerprint density at radius 1 is 0.964 bits per heavy atom. The molecule has 4 nitrogen and oxygen atoms in total. The van der Waals surface area contributed by atoms with Gasteiger partial charge in [-0.1, -0.05) is 72.3 Å². The number of methoxy groups -OCH3 is 1. The third kappa shape index (κ3) is 5.49. The van der Waals surface area contributed by atoms with Gasteiger partial charge in [0.05, 0.1) is 18.2 Å². The predicted molar refractivity (Wildman–Crippen MR) is 112 cm³/mol. The second-order valence-corrected chi connectivity index (χ2v) is 6.85. The van der Waals surface area contributed by atoms with Crippen LogP contribution < -0.4 is 14.8 Å². The topological polar surface area (TPSA) is 50.7 Å². The Morgan fingerprint density at radius 2 is 1.64 bits per heavy atom. The van der Waals surface area contributed by atoms with Crippen LogP contribution in [0.2, 0.25) is 5.02 Å². The molecule has 0 aliphatic carbocycles. The van der Waals surface area contributed by atoms with Crippen LogP contribution >= 0.6 is 11.6 Å². The van der Waals surface area contributed by atoms with E-state index in [4.69, 9.17) is 21.1 Å². The third-order valence-corrected chi connectivity index (χ3v) is 4.65. The molecule has 0 aliphatic rings. The maximum Gasteiger partial charge on any atom is 0.180 e. The molecule has 0 saturated carbocycles. The number of benzene rings is 3. The molecule has 1 atom stereocenters. The average molecular weight is 398 g/mol. The molecule has 0 fully saturated rings. The maximum atomic E-state index is 10.2. The summed E-state index contributed by atoms with van der Waals surface area (Å²) in [4.78, 5) is 0. The number of hydrogen-bond acceptors (Lipinski definition) is 4. The van der Waals surface area contributed by atoms with E-state index in [1.807, 2.05) is 72.8 Å². The van der Waals surface area contributed by atoms with Crippen LogP contribution in [-0.2, 0) is 13.2 Å². The molecule has 0 spiro atoms. The van der Waals surface area contributed by atoms with Crippen LogP contribution in [0.4, 0.5) is 0 Å². The molecular formula is C23H24ClNO3. The van der Waals surface area contributed by atoms with E-state index >= 15 is 0 Å². The molecule has 28 heavy (non-hydrogen) atoms. The van der Waals surface area contributed by atoms with Crippen LogP contribution in [0.3, 0.4) is 0 Å². The number of rotatable bonds is 9. The zero-order chi connectivity index (χ0) is 19.8. The summed E-state index contributed by atoms with van der Waals surface area (Å²) in [5.74, 6) is 1.12. The highest BCUT2D eigenvalue weighted by atomic mass is 35.5. The fraction of sp³-hybridized carbons (Fsp3) is 0.217. The highest BCUT2D eigenvalue weighted by Gasteiger charge is 2.13. The first-order chi connectivity index (χ1) is 13.7. The second-order valence-electron chi connectivity index (χ2n) is 6.44. The van der Waals surface area contributed by atoms with Gasteiger partial charge in [-0.05, 0) is 28.8 Å². The number of aliphatic hydroxyl groups excluding tert-OH is 1. The summed E-state index contributed by atoms with van der Waals surface area (Å²) in [5.41, 5.74) is 2.89. The maximum absolute atomic E-state index is 10.2. The Kier molecular flexibility index (Phi) is 7.31. The quantitative estimate of drug-likeness (QED) is 0.547. The number of ether oxygens (including phenoxy) is 2. The van der Waals surface area contributed by atoms with Crippen molar-refractivity contribution >= 4 is 11.6 Å². The van der Waals surface area contributed by atoms with Crippen molar-refractivity contribution in [3.8, 4) is 11.5 Å². The summed E-state index contributed by atoms with van der Waals surface area (Å²) < 4.78 is 11.3. The summed E-state index contributed by atoms with van der Waals surface area (Å²) in [6.45, 7) is 1.41. The van der Waals surface area contributed by atoms with Gasteiger partial charge in [-0.15, -0.1) is 0 Å². The molecule has 0 radical (unpaired) electrons. The SMILES string of the molecule is COc1cc(CNC[C@H](O)c2ccccc2)cc(Cl)c1OCc1ccccc1. The highest BCUT2D eigenvalue weighted by Crippen LogP contribution is 2.37. The monoisotopic (exact) mass is 397 g/mol. The van der Waals surface area contributed by atoms with E-state index in [0.717, 1.165) is 16.7 Å². The van der Waals surface area contributed by atoms with Crippen molar-refractivity contribution in [2.75, 3.05) is 13.7 Å². The lowest BCUT2D eigenvalue weighted by Gasteiger charge is -2.16. The van der Waals surface area contributed by atoms with Gasteiger partial charge in [0.15, 0.2) is 11.5 Å². The molecule has 0 aliphatic heterocycles. The summed E-state index contributed by atoms with van der Waals surface area (Å²) in [7, 11) is 1.59. The first-order valence-corrected chi connectivity index (χ1v) is 9.52. The van der Waals surface area contributed by atoms with Crippen molar-refractivity contribution in [1.82, 2.24) is 5.32 Å². The van der Waals surface area contributed by atoms with E-state index in [1.165, 1.54) is 0 Å². The van der Waals surface area contributed by atoms with Crippen LogP contribution in [0.1, 0.15) is 22.8 Å². The molecule has 2 N–H and O–H groups in total. The van der Waals surface area contributed by atoms with Crippen molar-refractivity contribution in [3.63, 3.8) is 0 Å². The van der Waals surface area contributed by atoms with Gasteiger partial charge < -0.3 is 19.9 Å². The van der Waals surface area contributed by atoms with E-state index in [-0.39, 0.29) is 0 Å². The lowest BCUT2D eigenvalue weighted by molar-refractivity contribution is 0.174. The zero-order valence-corrected chi connectivity index (χ0v) is 16.5. The Bertz CT molecular complexity index is 872. The molecule has 0 unspecified atom stereocenters. The molecule has 3 aromatic rings.